The van der Waals surface area contributed by atoms with Crippen LogP contribution >= 0.6 is 0 Å². The number of benzene rings is 1. The fourth-order valence-electron chi connectivity index (χ4n) is 1.70. The summed E-state index contributed by atoms with van der Waals surface area (Å²) in [7, 11) is 3.87. The van der Waals surface area contributed by atoms with Crippen molar-refractivity contribution < 1.29 is 17.0 Å². The number of aromatic nitrogens is 2. The third-order valence-corrected chi connectivity index (χ3v) is 2.63. The molecule has 1 aromatic heterocycles. The first-order chi connectivity index (χ1) is 7.13. The molecule has 0 unspecified atom stereocenters. The van der Waals surface area contributed by atoms with Crippen LogP contribution in [-0.2, 0) is 7.05 Å². The van der Waals surface area contributed by atoms with E-state index in [1.165, 1.54) is 0 Å². The minimum Gasteiger partial charge on any atom is -1.00 e. The van der Waals surface area contributed by atoms with Crippen LogP contribution in [0.4, 0.5) is 11.5 Å². The van der Waals surface area contributed by atoms with E-state index >= 15 is 0 Å². The lowest BCUT2D eigenvalue weighted by Crippen LogP contribution is -3.00. The maximum Gasteiger partial charge on any atom is 0.298 e. The summed E-state index contributed by atoms with van der Waals surface area (Å²) in [5.74, 6) is 1.84. The van der Waals surface area contributed by atoms with Gasteiger partial charge in [0, 0.05) is 19.7 Å². The Balaban J connectivity index is 0.00000128. The van der Waals surface area contributed by atoms with E-state index < -0.39 is 0 Å². The first kappa shape index (κ1) is 12.5. The Labute approximate surface area is 101 Å². The second-order valence-electron chi connectivity index (χ2n) is 3.59. The van der Waals surface area contributed by atoms with Crippen molar-refractivity contribution in [2.45, 2.75) is 6.92 Å². The quantitative estimate of drug-likeness (QED) is 0.446. The molecule has 0 atom stereocenters. The fourth-order valence-corrected chi connectivity index (χ4v) is 1.70. The maximum absolute atomic E-state index is 5.77. The Hall–Kier alpha value is -1.55. The fraction of sp³-hybridized carbons (Fsp3) is 0.273. The van der Waals surface area contributed by atoms with Crippen molar-refractivity contribution in [3.8, 4) is 0 Å². The normalized spacial score (nSPS) is 9.94. The summed E-state index contributed by atoms with van der Waals surface area (Å²) >= 11 is 0. The number of nitrogen functional groups attached to an aromatic ring is 1. The third-order valence-electron chi connectivity index (χ3n) is 2.63. The Morgan fingerprint density at radius 1 is 1.38 bits per heavy atom. The molecule has 86 valence electrons. The largest absolute Gasteiger partial charge is 1.00 e. The van der Waals surface area contributed by atoms with Crippen LogP contribution in [0.2, 0.25) is 0 Å². The van der Waals surface area contributed by atoms with Gasteiger partial charge in [-0.1, -0.05) is 0 Å². The lowest BCUT2D eigenvalue weighted by Gasteiger charge is -2.04. The van der Waals surface area contributed by atoms with Gasteiger partial charge in [-0.2, -0.15) is 0 Å². The van der Waals surface area contributed by atoms with Crippen molar-refractivity contribution in [1.29, 1.82) is 0 Å². The van der Waals surface area contributed by atoms with E-state index in [0.29, 0.717) is 0 Å². The summed E-state index contributed by atoms with van der Waals surface area (Å²) in [6.45, 7) is 1.98. The molecule has 1 heterocycles. The monoisotopic (exact) mass is 238 g/mol. The molecule has 0 saturated heterocycles. The van der Waals surface area contributed by atoms with Gasteiger partial charge in [0.1, 0.15) is 5.52 Å². The molecule has 0 saturated carbocycles. The molecule has 2 aromatic rings. The molecule has 0 aliphatic rings. The lowest BCUT2D eigenvalue weighted by molar-refractivity contribution is -0.654. The van der Waals surface area contributed by atoms with Gasteiger partial charge in [0.25, 0.3) is 11.6 Å². The maximum atomic E-state index is 5.77. The van der Waals surface area contributed by atoms with Gasteiger partial charge in [-0.15, -0.1) is 0 Å². The number of nitrogens with zero attached hydrogens (tertiary/aromatic N) is 2. The SMILES string of the molecule is CNc1nc(C)[n+](C)c2ccc(N)cc12.[Cl-]. The highest BCUT2D eigenvalue weighted by Crippen LogP contribution is 2.20. The number of rotatable bonds is 1. The number of halogens is 1. The molecule has 2 rings (SSSR count). The van der Waals surface area contributed by atoms with Gasteiger partial charge in [0.05, 0.1) is 12.4 Å². The average Bonchev–Trinajstić information content (AvgIpc) is 2.23. The number of hydrogen-bond acceptors (Lipinski definition) is 3. The average molecular weight is 239 g/mol. The number of hydrogen-bond donors (Lipinski definition) is 2. The van der Waals surface area contributed by atoms with Crippen molar-refractivity contribution in [1.82, 2.24) is 4.98 Å². The first-order valence-electron chi connectivity index (χ1n) is 4.87. The summed E-state index contributed by atoms with van der Waals surface area (Å²) in [6.07, 6.45) is 0. The molecule has 0 spiro atoms. The minimum atomic E-state index is 0. The highest BCUT2D eigenvalue weighted by molar-refractivity contribution is 5.89. The van der Waals surface area contributed by atoms with Gasteiger partial charge in [-0.25, -0.2) is 4.57 Å². The summed E-state index contributed by atoms with van der Waals surface area (Å²) in [5, 5.41) is 4.13. The van der Waals surface area contributed by atoms with Crippen molar-refractivity contribution in [2.24, 2.45) is 7.05 Å². The molecule has 1 aromatic carbocycles. The van der Waals surface area contributed by atoms with E-state index in [4.69, 9.17) is 5.73 Å². The molecule has 0 bridgehead atoms. The zero-order chi connectivity index (χ0) is 11.0. The minimum absolute atomic E-state index is 0. The first-order valence-corrected chi connectivity index (χ1v) is 4.87. The summed E-state index contributed by atoms with van der Waals surface area (Å²) < 4.78 is 2.05. The van der Waals surface area contributed by atoms with Gasteiger partial charge in [0.15, 0.2) is 0 Å². The molecule has 5 heteroatoms. The van der Waals surface area contributed by atoms with Crippen LogP contribution in [0.3, 0.4) is 0 Å². The second kappa shape index (κ2) is 4.53. The molecule has 0 aliphatic carbocycles. The Bertz CT molecular complexity index is 525. The Morgan fingerprint density at radius 3 is 2.69 bits per heavy atom. The molecular formula is C11H15ClN4. The van der Waals surface area contributed by atoms with E-state index in [0.717, 1.165) is 28.2 Å². The standard InChI is InChI=1S/C11H14N4.ClH/c1-7-14-11(13-2)9-6-8(12)4-5-10(9)15(7)3;/h4-6H,12H2,1-3H3;1H. The van der Waals surface area contributed by atoms with Crippen LogP contribution in [0.5, 0.6) is 0 Å². The molecular weight excluding hydrogens is 224 g/mol. The van der Waals surface area contributed by atoms with Gasteiger partial charge >= 0.3 is 0 Å². The predicted octanol–water partition coefficient (Wildman–Crippen LogP) is -2.00. The van der Waals surface area contributed by atoms with E-state index in [9.17, 15) is 0 Å². The van der Waals surface area contributed by atoms with Crippen LogP contribution in [-0.4, -0.2) is 12.0 Å². The van der Waals surface area contributed by atoms with Gasteiger partial charge in [-0.05, 0) is 23.2 Å². The molecule has 3 N–H and O–H groups in total. The second-order valence-corrected chi connectivity index (χ2v) is 3.59. The predicted molar refractivity (Wildman–Crippen MR) is 61.6 cm³/mol. The molecule has 0 radical (unpaired) electrons. The van der Waals surface area contributed by atoms with Gasteiger partial charge in [-0.3, -0.25) is 0 Å². The Kier molecular flexibility index (Phi) is 3.55. The number of fused-ring (bicyclic) bond motifs is 1. The number of nitrogens with one attached hydrogen (secondary N) is 1. The van der Waals surface area contributed by atoms with Crippen LogP contribution in [0.1, 0.15) is 5.82 Å². The highest BCUT2D eigenvalue weighted by Gasteiger charge is 2.14. The van der Waals surface area contributed by atoms with E-state index in [1.807, 2.05) is 39.2 Å². The molecule has 0 amide bonds. The summed E-state index contributed by atoms with van der Waals surface area (Å²) in [5.41, 5.74) is 7.65. The van der Waals surface area contributed by atoms with E-state index in [-0.39, 0.29) is 12.4 Å². The smallest absolute Gasteiger partial charge is 0.298 e. The van der Waals surface area contributed by atoms with Gasteiger partial charge in [0.2, 0.25) is 0 Å². The van der Waals surface area contributed by atoms with E-state index in [2.05, 4.69) is 14.9 Å². The molecule has 16 heavy (non-hydrogen) atoms. The van der Waals surface area contributed by atoms with Crippen LogP contribution in [0, 0.1) is 6.92 Å². The van der Waals surface area contributed by atoms with Crippen molar-refractivity contribution in [3.05, 3.63) is 24.0 Å². The van der Waals surface area contributed by atoms with E-state index in [1.54, 1.807) is 0 Å². The van der Waals surface area contributed by atoms with Crippen molar-refractivity contribution >= 4 is 22.4 Å². The lowest BCUT2D eigenvalue weighted by atomic mass is 10.2. The number of anilines is 2. The number of aryl methyl sites for hydroxylation is 2. The van der Waals surface area contributed by atoms with Gasteiger partial charge < -0.3 is 23.5 Å². The van der Waals surface area contributed by atoms with Crippen molar-refractivity contribution in [3.63, 3.8) is 0 Å². The highest BCUT2D eigenvalue weighted by atomic mass is 35.5. The molecule has 4 nitrogen and oxygen atoms in total. The topological polar surface area (TPSA) is 54.8 Å². The zero-order valence-electron chi connectivity index (χ0n) is 9.58. The molecule has 0 aliphatic heterocycles. The van der Waals surface area contributed by atoms with Crippen molar-refractivity contribution in [2.75, 3.05) is 18.1 Å². The van der Waals surface area contributed by atoms with Crippen LogP contribution in [0.25, 0.3) is 10.9 Å². The third kappa shape index (κ3) is 1.88. The Morgan fingerprint density at radius 2 is 2.06 bits per heavy atom. The number of nitrogens with two attached hydrogens (primary N) is 1. The van der Waals surface area contributed by atoms with Crippen LogP contribution in [0.15, 0.2) is 18.2 Å². The van der Waals surface area contributed by atoms with Crippen LogP contribution < -0.4 is 28.0 Å². The molecule has 0 fully saturated rings. The zero-order valence-corrected chi connectivity index (χ0v) is 10.3. The summed E-state index contributed by atoms with van der Waals surface area (Å²) in [6, 6.07) is 5.86. The summed E-state index contributed by atoms with van der Waals surface area (Å²) in [4.78, 5) is 4.46.